The fourth-order valence-electron chi connectivity index (χ4n) is 2.39. The van der Waals surface area contributed by atoms with E-state index in [9.17, 15) is 13.2 Å². The molecule has 0 aliphatic rings. The van der Waals surface area contributed by atoms with Gasteiger partial charge in [-0.2, -0.15) is 13.2 Å². The van der Waals surface area contributed by atoms with Crippen molar-refractivity contribution < 1.29 is 17.9 Å². The van der Waals surface area contributed by atoms with Crippen LogP contribution in [0.4, 0.5) is 13.2 Å². The summed E-state index contributed by atoms with van der Waals surface area (Å²) in [7, 11) is 0. The van der Waals surface area contributed by atoms with Crippen LogP contribution >= 0.6 is 0 Å². The molecule has 0 saturated heterocycles. The van der Waals surface area contributed by atoms with Gasteiger partial charge in [0.05, 0.1) is 11.2 Å². The molecular formula is C16H24F3NO. The number of benzene rings is 1. The van der Waals surface area contributed by atoms with Crippen LogP contribution in [-0.2, 0) is 17.3 Å². The zero-order valence-electron chi connectivity index (χ0n) is 13.1. The molecule has 0 radical (unpaired) electrons. The Balaban J connectivity index is 2.94. The first kappa shape index (κ1) is 18.0. The molecule has 21 heavy (non-hydrogen) atoms. The van der Waals surface area contributed by atoms with Crippen molar-refractivity contribution in [3.63, 3.8) is 0 Å². The molecule has 0 saturated carbocycles. The Labute approximate surface area is 124 Å². The lowest BCUT2D eigenvalue weighted by Gasteiger charge is -2.35. The number of hydrogen-bond acceptors (Lipinski definition) is 2. The second kappa shape index (κ2) is 7.27. The summed E-state index contributed by atoms with van der Waals surface area (Å²) in [4.78, 5) is 0. The van der Waals surface area contributed by atoms with Crippen molar-refractivity contribution in [3.8, 4) is 0 Å². The van der Waals surface area contributed by atoms with E-state index >= 15 is 0 Å². The molecule has 1 aromatic carbocycles. The van der Waals surface area contributed by atoms with Gasteiger partial charge in [-0.15, -0.1) is 0 Å². The molecule has 1 aromatic rings. The zero-order valence-corrected chi connectivity index (χ0v) is 13.1. The maximum absolute atomic E-state index is 12.8. The van der Waals surface area contributed by atoms with Gasteiger partial charge in [-0.1, -0.05) is 25.1 Å². The molecule has 0 aromatic heterocycles. The standard InChI is InChI=1S/C16H24F3NO/c1-5-20-14(15(3,4)21-6-2)11-12-8-7-9-13(10-12)16(17,18)19/h7-10,14,20H,5-6,11H2,1-4H3. The van der Waals surface area contributed by atoms with Gasteiger partial charge in [0.25, 0.3) is 0 Å². The molecule has 1 rings (SSSR count). The van der Waals surface area contributed by atoms with E-state index in [-0.39, 0.29) is 6.04 Å². The van der Waals surface area contributed by atoms with Gasteiger partial charge >= 0.3 is 6.18 Å². The third-order valence-electron chi connectivity index (χ3n) is 3.50. The number of ether oxygens (including phenoxy) is 1. The van der Waals surface area contributed by atoms with Crippen LogP contribution in [-0.4, -0.2) is 24.8 Å². The maximum Gasteiger partial charge on any atom is 0.416 e. The van der Waals surface area contributed by atoms with E-state index in [1.165, 1.54) is 12.1 Å². The number of nitrogens with one attached hydrogen (secondary N) is 1. The lowest BCUT2D eigenvalue weighted by Crippen LogP contribution is -2.50. The minimum absolute atomic E-state index is 0.0501. The Bertz CT molecular complexity index is 443. The predicted octanol–water partition coefficient (Wildman–Crippen LogP) is 4.04. The topological polar surface area (TPSA) is 21.3 Å². The first-order valence-electron chi connectivity index (χ1n) is 7.24. The molecule has 0 amide bonds. The van der Waals surface area contributed by atoms with E-state index in [1.54, 1.807) is 6.07 Å². The van der Waals surface area contributed by atoms with Crippen LogP contribution in [0.1, 0.15) is 38.8 Å². The summed E-state index contributed by atoms with van der Waals surface area (Å²) in [6.45, 7) is 9.10. The predicted molar refractivity (Wildman–Crippen MR) is 78.3 cm³/mol. The second-order valence-electron chi connectivity index (χ2n) is 5.55. The Morgan fingerprint density at radius 2 is 1.86 bits per heavy atom. The number of hydrogen-bond donors (Lipinski definition) is 1. The van der Waals surface area contributed by atoms with Crippen molar-refractivity contribution >= 4 is 0 Å². The normalized spacial score (nSPS) is 14.2. The molecular weight excluding hydrogens is 279 g/mol. The average molecular weight is 303 g/mol. The molecule has 0 fully saturated rings. The minimum atomic E-state index is -4.31. The first-order valence-corrected chi connectivity index (χ1v) is 7.24. The molecule has 0 aliphatic heterocycles. The molecule has 5 heteroatoms. The van der Waals surface area contributed by atoms with Crippen molar-refractivity contribution in [2.24, 2.45) is 0 Å². The first-order chi connectivity index (χ1) is 9.70. The van der Waals surface area contributed by atoms with Gasteiger partial charge in [-0.3, -0.25) is 0 Å². The average Bonchev–Trinajstić information content (AvgIpc) is 2.37. The smallest absolute Gasteiger partial charge is 0.374 e. The van der Waals surface area contributed by atoms with Crippen molar-refractivity contribution in [3.05, 3.63) is 35.4 Å². The number of rotatable bonds is 7. The molecule has 0 heterocycles. The monoisotopic (exact) mass is 303 g/mol. The third kappa shape index (κ3) is 5.32. The summed E-state index contributed by atoms with van der Waals surface area (Å²) in [6.07, 6.45) is -3.82. The van der Waals surface area contributed by atoms with Gasteiger partial charge in [0, 0.05) is 12.6 Å². The fraction of sp³-hybridized carbons (Fsp3) is 0.625. The van der Waals surface area contributed by atoms with Crippen molar-refractivity contribution in [2.75, 3.05) is 13.2 Å². The largest absolute Gasteiger partial charge is 0.416 e. The molecule has 0 aliphatic carbocycles. The Hall–Kier alpha value is -1.07. The summed E-state index contributed by atoms with van der Waals surface area (Å²) < 4.78 is 44.0. The van der Waals surface area contributed by atoms with Gasteiger partial charge in [0.1, 0.15) is 0 Å². The van der Waals surface area contributed by atoms with Crippen LogP contribution in [0.3, 0.4) is 0 Å². The highest BCUT2D eigenvalue weighted by molar-refractivity contribution is 5.26. The quantitative estimate of drug-likeness (QED) is 0.821. The zero-order chi connectivity index (χ0) is 16.1. The van der Waals surface area contributed by atoms with E-state index in [0.717, 1.165) is 12.6 Å². The highest BCUT2D eigenvalue weighted by Crippen LogP contribution is 2.30. The number of alkyl halides is 3. The van der Waals surface area contributed by atoms with Crippen LogP contribution in [0.5, 0.6) is 0 Å². The summed E-state index contributed by atoms with van der Waals surface area (Å²) >= 11 is 0. The van der Waals surface area contributed by atoms with Gasteiger partial charge in [-0.05, 0) is 45.4 Å². The van der Waals surface area contributed by atoms with Crippen LogP contribution in [0, 0.1) is 0 Å². The van der Waals surface area contributed by atoms with E-state index in [4.69, 9.17) is 4.74 Å². The second-order valence-corrected chi connectivity index (χ2v) is 5.55. The van der Waals surface area contributed by atoms with Crippen LogP contribution in [0.25, 0.3) is 0 Å². The Kier molecular flexibility index (Phi) is 6.23. The van der Waals surface area contributed by atoms with Crippen molar-refractivity contribution in [1.82, 2.24) is 5.32 Å². The van der Waals surface area contributed by atoms with Gasteiger partial charge < -0.3 is 10.1 Å². The SMILES string of the molecule is CCNC(Cc1cccc(C(F)(F)F)c1)C(C)(C)OCC. The van der Waals surface area contributed by atoms with E-state index in [2.05, 4.69) is 5.32 Å². The summed E-state index contributed by atoms with van der Waals surface area (Å²) in [5.41, 5.74) is -0.396. The number of halogens is 3. The van der Waals surface area contributed by atoms with Crippen LogP contribution in [0.2, 0.25) is 0 Å². The van der Waals surface area contributed by atoms with Crippen molar-refractivity contribution in [1.29, 1.82) is 0 Å². The highest BCUT2D eigenvalue weighted by atomic mass is 19.4. The molecule has 0 bridgehead atoms. The fourth-order valence-corrected chi connectivity index (χ4v) is 2.39. The lowest BCUT2D eigenvalue weighted by atomic mass is 9.91. The van der Waals surface area contributed by atoms with Gasteiger partial charge in [-0.25, -0.2) is 0 Å². The molecule has 1 unspecified atom stereocenters. The van der Waals surface area contributed by atoms with E-state index in [1.807, 2.05) is 27.7 Å². The third-order valence-corrected chi connectivity index (χ3v) is 3.50. The molecule has 1 N–H and O–H groups in total. The minimum Gasteiger partial charge on any atom is -0.374 e. The van der Waals surface area contributed by atoms with Crippen LogP contribution in [0.15, 0.2) is 24.3 Å². The summed E-state index contributed by atoms with van der Waals surface area (Å²) in [5.74, 6) is 0. The Morgan fingerprint density at radius 1 is 1.19 bits per heavy atom. The maximum atomic E-state index is 12.8. The Morgan fingerprint density at radius 3 is 2.38 bits per heavy atom. The molecule has 120 valence electrons. The van der Waals surface area contributed by atoms with E-state index in [0.29, 0.717) is 18.6 Å². The molecule has 1 atom stereocenters. The summed E-state index contributed by atoms with van der Waals surface area (Å²) in [6, 6.07) is 5.44. The summed E-state index contributed by atoms with van der Waals surface area (Å²) in [5, 5.41) is 3.31. The van der Waals surface area contributed by atoms with Crippen molar-refractivity contribution in [2.45, 2.75) is 51.9 Å². The number of likely N-dealkylation sites (N-methyl/N-ethyl adjacent to an activating group) is 1. The lowest BCUT2D eigenvalue weighted by molar-refractivity contribution is -0.137. The van der Waals surface area contributed by atoms with Crippen LogP contribution < -0.4 is 5.32 Å². The van der Waals surface area contributed by atoms with Gasteiger partial charge in [0.2, 0.25) is 0 Å². The molecule has 0 spiro atoms. The van der Waals surface area contributed by atoms with E-state index < -0.39 is 17.3 Å². The molecule has 2 nitrogen and oxygen atoms in total. The van der Waals surface area contributed by atoms with Gasteiger partial charge in [0.15, 0.2) is 0 Å². The highest BCUT2D eigenvalue weighted by Gasteiger charge is 2.32.